The molecule has 1 atom stereocenters. The predicted molar refractivity (Wildman–Crippen MR) is 73.0 cm³/mol. The van der Waals surface area contributed by atoms with Gasteiger partial charge in [-0.05, 0) is 25.4 Å². The Balaban J connectivity index is 2.23. The van der Waals surface area contributed by atoms with Crippen LogP contribution in [0, 0.1) is 5.92 Å². The molecule has 0 aromatic rings. The van der Waals surface area contributed by atoms with Gasteiger partial charge in [-0.1, -0.05) is 13.3 Å². The van der Waals surface area contributed by atoms with E-state index < -0.39 is 5.97 Å². The van der Waals surface area contributed by atoms with E-state index in [0.29, 0.717) is 13.1 Å². The molecule has 0 radical (unpaired) electrons. The molecule has 1 aliphatic heterocycles. The fraction of sp³-hybridized carbons (Fsp3) is 0.846. The molecule has 0 spiro atoms. The molecule has 0 aromatic heterocycles. The van der Waals surface area contributed by atoms with Crippen molar-refractivity contribution in [3.63, 3.8) is 0 Å². The van der Waals surface area contributed by atoms with Gasteiger partial charge in [-0.25, -0.2) is 0 Å². The van der Waals surface area contributed by atoms with Gasteiger partial charge in [-0.3, -0.25) is 14.5 Å². The van der Waals surface area contributed by atoms with Gasteiger partial charge in [-0.15, -0.1) is 0 Å². The molecule has 1 saturated heterocycles. The average Bonchev–Trinajstić information content (AvgIpc) is 2.62. The second kappa shape index (κ2) is 8.87. The van der Waals surface area contributed by atoms with E-state index in [-0.39, 0.29) is 18.2 Å². The van der Waals surface area contributed by atoms with Gasteiger partial charge < -0.3 is 15.7 Å². The van der Waals surface area contributed by atoms with Crippen LogP contribution in [0.4, 0.5) is 0 Å². The highest BCUT2D eigenvalue weighted by molar-refractivity contribution is 5.78. The third kappa shape index (κ3) is 7.12. The van der Waals surface area contributed by atoms with Crippen LogP contribution in [0.25, 0.3) is 0 Å². The first-order valence-electron chi connectivity index (χ1n) is 7.03. The van der Waals surface area contributed by atoms with Gasteiger partial charge in [0.25, 0.3) is 0 Å². The van der Waals surface area contributed by atoms with Gasteiger partial charge in [0, 0.05) is 26.1 Å². The molecule has 1 unspecified atom stereocenters. The van der Waals surface area contributed by atoms with Crippen LogP contribution in [0.2, 0.25) is 0 Å². The number of carbonyl (C=O) groups excluding carboxylic acids is 1. The van der Waals surface area contributed by atoms with Crippen LogP contribution >= 0.6 is 0 Å². The van der Waals surface area contributed by atoms with E-state index in [1.165, 1.54) is 0 Å². The van der Waals surface area contributed by atoms with E-state index in [4.69, 9.17) is 5.11 Å². The Labute approximate surface area is 114 Å². The fourth-order valence-electron chi connectivity index (χ4n) is 2.18. The second-order valence-electron chi connectivity index (χ2n) is 5.06. The van der Waals surface area contributed by atoms with Crippen molar-refractivity contribution in [3.8, 4) is 0 Å². The maximum Gasteiger partial charge on any atom is 0.303 e. The van der Waals surface area contributed by atoms with E-state index in [2.05, 4.69) is 15.5 Å². The molecular weight excluding hydrogens is 246 g/mol. The van der Waals surface area contributed by atoms with Gasteiger partial charge in [0.05, 0.1) is 6.54 Å². The summed E-state index contributed by atoms with van der Waals surface area (Å²) in [6, 6.07) is 0. The van der Waals surface area contributed by atoms with E-state index in [0.717, 1.165) is 39.0 Å². The monoisotopic (exact) mass is 271 g/mol. The summed E-state index contributed by atoms with van der Waals surface area (Å²) < 4.78 is 0. The number of nitrogens with zero attached hydrogens (tertiary/aromatic N) is 1. The number of carboxylic acid groups (broad SMARTS) is 1. The summed E-state index contributed by atoms with van der Waals surface area (Å²) in [6.07, 6.45) is 1.94. The first-order chi connectivity index (χ1) is 9.11. The quantitative estimate of drug-likeness (QED) is 0.602. The minimum Gasteiger partial charge on any atom is -0.481 e. The Morgan fingerprint density at radius 2 is 2.16 bits per heavy atom. The number of amides is 1. The average molecular weight is 271 g/mol. The Morgan fingerprint density at radius 3 is 2.84 bits per heavy atom. The predicted octanol–water partition coefficient (Wildman–Crippen LogP) is -0.101. The summed E-state index contributed by atoms with van der Waals surface area (Å²) in [6.45, 7) is 6.56. The zero-order valence-electron chi connectivity index (χ0n) is 11.7. The van der Waals surface area contributed by atoms with Crippen LogP contribution in [0.1, 0.15) is 26.2 Å². The maximum absolute atomic E-state index is 11.8. The van der Waals surface area contributed by atoms with Gasteiger partial charge in [0.2, 0.25) is 5.91 Å². The first-order valence-corrected chi connectivity index (χ1v) is 7.03. The van der Waals surface area contributed by atoms with Gasteiger partial charge in [-0.2, -0.15) is 0 Å². The Bertz CT molecular complexity index is 289. The molecule has 1 amide bonds. The van der Waals surface area contributed by atoms with Crippen molar-refractivity contribution in [3.05, 3.63) is 0 Å². The van der Waals surface area contributed by atoms with Crippen molar-refractivity contribution >= 4 is 11.9 Å². The zero-order valence-corrected chi connectivity index (χ0v) is 11.7. The molecule has 0 saturated carbocycles. The third-order valence-electron chi connectivity index (χ3n) is 3.43. The molecule has 110 valence electrons. The lowest BCUT2D eigenvalue weighted by atomic mass is 10.0. The number of rotatable bonds is 7. The summed E-state index contributed by atoms with van der Waals surface area (Å²) in [5, 5.41) is 14.9. The molecule has 19 heavy (non-hydrogen) atoms. The van der Waals surface area contributed by atoms with Crippen molar-refractivity contribution in [2.24, 2.45) is 5.92 Å². The van der Waals surface area contributed by atoms with Crippen LogP contribution in [0.15, 0.2) is 0 Å². The Kier molecular flexibility index (Phi) is 7.43. The fourth-order valence-corrected chi connectivity index (χ4v) is 2.18. The standard InChI is InChI=1S/C13H25N3O3/c1-2-11(8-13(18)19)9-15-12(17)10-16-6-3-4-14-5-7-16/h11,14H,2-10H2,1H3,(H,15,17)(H,18,19). The summed E-state index contributed by atoms with van der Waals surface area (Å²) in [4.78, 5) is 24.6. The zero-order chi connectivity index (χ0) is 14.1. The summed E-state index contributed by atoms with van der Waals surface area (Å²) >= 11 is 0. The molecule has 0 aliphatic carbocycles. The summed E-state index contributed by atoms with van der Waals surface area (Å²) in [7, 11) is 0. The third-order valence-corrected chi connectivity index (χ3v) is 3.43. The minimum atomic E-state index is -0.806. The molecule has 0 bridgehead atoms. The van der Waals surface area contributed by atoms with Crippen LogP contribution in [-0.2, 0) is 9.59 Å². The normalized spacial score (nSPS) is 18.6. The topological polar surface area (TPSA) is 81.7 Å². The van der Waals surface area contributed by atoms with E-state index >= 15 is 0 Å². The first kappa shape index (κ1) is 15.9. The smallest absolute Gasteiger partial charge is 0.303 e. The lowest BCUT2D eigenvalue weighted by Crippen LogP contribution is -2.40. The number of hydrogen-bond donors (Lipinski definition) is 3. The Hall–Kier alpha value is -1.14. The van der Waals surface area contributed by atoms with Gasteiger partial charge in [0.1, 0.15) is 0 Å². The van der Waals surface area contributed by atoms with Gasteiger partial charge >= 0.3 is 5.97 Å². The molecule has 1 fully saturated rings. The molecule has 0 aromatic carbocycles. The number of aliphatic carboxylic acids is 1. The lowest BCUT2D eigenvalue weighted by molar-refractivity contribution is -0.138. The van der Waals surface area contributed by atoms with Crippen LogP contribution in [-0.4, -0.2) is 61.2 Å². The lowest BCUT2D eigenvalue weighted by Gasteiger charge is -2.20. The van der Waals surface area contributed by atoms with Crippen molar-refractivity contribution in [1.82, 2.24) is 15.5 Å². The Morgan fingerprint density at radius 1 is 1.37 bits per heavy atom. The van der Waals surface area contributed by atoms with Gasteiger partial charge in [0.15, 0.2) is 0 Å². The van der Waals surface area contributed by atoms with E-state index in [1.54, 1.807) is 0 Å². The van der Waals surface area contributed by atoms with Crippen LogP contribution < -0.4 is 10.6 Å². The van der Waals surface area contributed by atoms with E-state index in [1.807, 2.05) is 6.92 Å². The van der Waals surface area contributed by atoms with Crippen LogP contribution in [0.5, 0.6) is 0 Å². The summed E-state index contributed by atoms with van der Waals surface area (Å²) in [5.41, 5.74) is 0. The highest BCUT2D eigenvalue weighted by Crippen LogP contribution is 2.06. The van der Waals surface area contributed by atoms with Crippen molar-refractivity contribution < 1.29 is 14.7 Å². The highest BCUT2D eigenvalue weighted by atomic mass is 16.4. The largest absolute Gasteiger partial charge is 0.481 e. The number of carboxylic acids is 1. The number of nitrogens with one attached hydrogen (secondary N) is 2. The van der Waals surface area contributed by atoms with Crippen molar-refractivity contribution in [2.75, 3.05) is 39.3 Å². The second-order valence-corrected chi connectivity index (χ2v) is 5.06. The molecule has 1 heterocycles. The van der Waals surface area contributed by atoms with Crippen molar-refractivity contribution in [1.29, 1.82) is 0 Å². The maximum atomic E-state index is 11.8. The molecule has 3 N–H and O–H groups in total. The molecular formula is C13H25N3O3. The molecule has 1 aliphatic rings. The highest BCUT2D eigenvalue weighted by Gasteiger charge is 2.15. The number of carbonyl (C=O) groups is 2. The SMILES string of the molecule is CCC(CNC(=O)CN1CCCNCC1)CC(=O)O. The van der Waals surface area contributed by atoms with Crippen molar-refractivity contribution in [2.45, 2.75) is 26.2 Å². The summed E-state index contributed by atoms with van der Waals surface area (Å²) in [5.74, 6) is -0.794. The molecule has 6 nitrogen and oxygen atoms in total. The minimum absolute atomic E-state index is 0.00858. The van der Waals surface area contributed by atoms with Crippen LogP contribution in [0.3, 0.4) is 0 Å². The van der Waals surface area contributed by atoms with E-state index in [9.17, 15) is 9.59 Å². The molecule has 6 heteroatoms. The number of hydrogen-bond acceptors (Lipinski definition) is 4. The molecule has 1 rings (SSSR count).